The van der Waals surface area contributed by atoms with Crippen LogP contribution in [0, 0.1) is 27.7 Å². The summed E-state index contributed by atoms with van der Waals surface area (Å²) in [6.07, 6.45) is 0. The average molecular weight is 379 g/mol. The minimum atomic E-state index is -0.00839. The third kappa shape index (κ3) is 4.51. The van der Waals surface area contributed by atoms with Crippen molar-refractivity contribution >= 4 is 28.6 Å². The highest BCUT2D eigenvalue weighted by Gasteiger charge is 2.12. The van der Waals surface area contributed by atoms with Crippen LogP contribution < -0.4 is 5.32 Å². The normalized spacial score (nSPS) is 12.2. The predicted molar refractivity (Wildman–Crippen MR) is 114 cm³/mol. The Kier molecular flexibility index (Phi) is 5.85. The van der Waals surface area contributed by atoms with Crippen LogP contribution in [0.2, 0.25) is 0 Å². The fourth-order valence-corrected chi connectivity index (χ4v) is 3.92. The maximum absolute atomic E-state index is 12.4. The average Bonchev–Trinajstić information content (AvgIpc) is 2.63. The van der Waals surface area contributed by atoms with E-state index in [-0.39, 0.29) is 11.9 Å². The predicted octanol–water partition coefficient (Wildman–Crippen LogP) is 5.44. The molecule has 0 aliphatic carbocycles. The Bertz CT molecular complexity index is 997. The highest BCUT2D eigenvalue weighted by Crippen LogP contribution is 2.25. The molecule has 3 aromatic rings. The number of benzene rings is 2. The summed E-state index contributed by atoms with van der Waals surface area (Å²) in [5.41, 5.74) is 7.01. The van der Waals surface area contributed by atoms with E-state index < -0.39 is 0 Å². The summed E-state index contributed by atoms with van der Waals surface area (Å²) in [6.45, 7) is 10.4. The molecule has 4 heteroatoms. The lowest BCUT2D eigenvalue weighted by Gasteiger charge is -2.16. The molecule has 0 fully saturated rings. The molecule has 0 saturated carbocycles. The van der Waals surface area contributed by atoms with Crippen LogP contribution in [0.15, 0.2) is 47.5 Å². The van der Waals surface area contributed by atoms with E-state index in [0.29, 0.717) is 5.75 Å². The van der Waals surface area contributed by atoms with E-state index in [1.165, 1.54) is 33.8 Å². The number of hydrogen-bond donors (Lipinski definition) is 1. The molecular formula is C23H26N2OS. The zero-order valence-electron chi connectivity index (χ0n) is 16.6. The highest BCUT2D eigenvalue weighted by molar-refractivity contribution is 7.99. The van der Waals surface area contributed by atoms with Crippen molar-refractivity contribution in [3.8, 4) is 0 Å². The number of carbonyl (C=O) groups excluding carboxylic acids is 1. The van der Waals surface area contributed by atoms with Gasteiger partial charge < -0.3 is 5.32 Å². The van der Waals surface area contributed by atoms with E-state index in [1.807, 2.05) is 6.92 Å². The summed E-state index contributed by atoms with van der Waals surface area (Å²) in [7, 11) is 0. The summed E-state index contributed by atoms with van der Waals surface area (Å²) >= 11 is 1.49. The largest absolute Gasteiger partial charge is 0.349 e. The van der Waals surface area contributed by atoms with Gasteiger partial charge in [-0.05, 0) is 68.5 Å². The molecule has 3 rings (SSSR count). The van der Waals surface area contributed by atoms with Gasteiger partial charge in [-0.2, -0.15) is 0 Å². The molecule has 0 spiro atoms. The van der Waals surface area contributed by atoms with Gasteiger partial charge in [-0.1, -0.05) is 48.2 Å². The van der Waals surface area contributed by atoms with Gasteiger partial charge in [0.2, 0.25) is 5.91 Å². The fourth-order valence-electron chi connectivity index (χ4n) is 3.14. The van der Waals surface area contributed by atoms with Gasteiger partial charge in [-0.15, -0.1) is 0 Å². The number of hydrogen-bond acceptors (Lipinski definition) is 3. The minimum Gasteiger partial charge on any atom is -0.349 e. The van der Waals surface area contributed by atoms with Crippen molar-refractivity contribution in [2.75, 3.05) is 5.75 Å². The first kappa shape index (κ1) is 19.4. The van der Waals surface area contributed by atoms with E-state index in [2.05, 4.69) is 75.5 Å². The molecule has 1 aromatic heterocycles. The van der Waals surface area contributed by atoms with Crippen molar-refractivity contribution in [2.45, 2.75) is 45.7 Å². The number of aromatic nitrogens is 1. The molecule has 0 radical (unpaired) electrons. The standard InChI is InChI=1S/C23H26N2OS/c1-14-9-10-19(11-16(14)3)18(5)24-21(26)13-27-22-12-17(4)20-8-6-7-15(2)23(20)25-22/h6-12,18H,13H2,1-5H3,(H,24,26)/t18-/m0/s1. The Morgan fingerprint density at radius 1 is 1.00 bits per heavy atom. The summed E-state index contributed by atoms with van der Waals surface area (Å²) in [5.74, 6) is 0.383. The maximum Gasteiger partial charge on any atom is 0.230 e. The topological polar surface area (TPSA) is 42.0 Å². The number of rotatable bonds is 5. The van der Waals surface area contributed by atoms with Gasteiger partial charge in [0.1, 0.15) is 0 Å². The number of thioether (sulfide) groups is 1. The minimum absolute atomic E-state index is 0.00839. The van der Waals surface area contributed by atoms with Crippen molar-refractivity contribution in [3.05, 3.63) is 70.3 Å². The number of nitrogens with zero attached hydrogens (tertiary/aromatic N) is 1. The van der Waals surface area contributed by atoms with Gasteiger partial charge in [-0.25, -0.2) is 4.98 Å². The Balaban J connectivity index is 1.66. The van der Waals surface area contributed by atoms with E-state index in [4.69, 9.17) is 4.98 Å². The second kappa shape index (κ2) is 8.13. The fraction of sp³-hybridized carbons (Fsp3) is 0.304. The summed E-state index contributed by atoms with van der Waals surface area (Å²) in [4.78, 5) is 17.2. The quantitative estimate of drug-likeness (QED) is 0.601. The van der Waals surface area contributed by atoms with Crippen LogP contribution in [0.4, 0.5) is 0 Å². The number of carbonyl (C=O) groups is 1. The van der Waals surface area contributed by atoms with Crippen molar-refractivity contribution in [1.29, 1.82) is 0 Å². The van der Waals surface area contributed by atoms with Crippen LogP contribution in [0.3, 0.4) is 0 Å². The van der Waals surface area contributed by atoms with E-state index in [1.54, 1.807) is 0 Å². The first-order valence-electron chi connectivity index (χ1n) is 9.21. The lowest BCUT2D eigenvalue weighted by molar-refractivity contribution is -0.119. The number of fused-ring (bicyclic) bond motifs is 1. The Morgan fingerprint density at radius 2 is 1.78 bits per heavy atom. The molecule has 0 saturated heterocycles. The van der Waals surface area contributed by atoms with Crippen molar-refractivity contribution in [2.24, 2.45) is 0 Å². The van der Waals surface area contributed by atoms with Crippen molar-refractivity contribution in [1.82, 2.24) is 10.3 Å². The molecule has 0 bridgehead atoms. The van der Waals surface area contributed by atoms with Crippen molar-refractivity contribution in [3.63, 3.8) is 0 Å². The first-order chi connectivity index (χ1) is 12.8. The lowest BCUT2D eigenvalue weighted by atomic mass is 10.0. The van der Waals surface area contributed by atoms with Gasteiger partial charge in [0.05, 0.1) is 22.3 Å². The van der Waals surface area contributed by atoms with Crippen LogP contribution in [0.25, 0.3) is 10.9 Å². The molecule has 0 unspecified atom stereocenters. The molecule has 1 N–H and O–H groups in total. The number of pyridine rings is 1. The lowest BCUT2D eigenvalue weighted by Crippen LogP contribution is -2.28. The summed E-state index contributed by atoms with van der Waals surface area (Å²) in [5, 5.41) is 5.15. The monoisotopic (exact) mass is 378 g/mol. The molecule has 0 aliphatic rings. The summed E-state index contributed by atoms with van der Waals surface area (Å²) in [6, 6.07) is 14.6. The molecular weight excluding hydrogens is 352 g/mol. The second-order valence-electron chi connectivity index (χ2n) is 7.17. The third-order valence-corrected chi connectivity index (χ3v) is 5.90. The molecule has 27 heavy (non-hydrogen) atoms. The molecule has 2 aromatic carbocycles. The zero-order chi connectivity index (χ0) is 19.6. The second-order valence-corrected chi connectivity index (χ2v) is 8.17. The van der Waals surface area contributed by atoms with E-state index in [9.17, 15) is 4.79 Å². The zero-order valence-corrected chi connectivity index (χ0v) is 17.4. The van der Waals surface area contributed by atoms with Gasteiger partial charge in [0.25, 0.3) is 0 Å². The van der Waals surface area contributed by atoms with Gasteiger partial charge >= 0.3 is 0 Å². The van der Waals surface area contributed by atoms with Crippen LogP contribution in [0.5, 0.6) is 0 Å². The van der Waals surface area contributed by atoms with Gasteiger partial charge in [0, 0.05) is 5.39 Å². The Labute approximate surface area is 165 Å². The van der Waals surface area contributed by atoms with Crippen LogP contribution in [0.1, 0.15) is 40.8 Å². The molecule has 0 aliphatic heterocycles. The van der Waals surface area contributed by atoms with Gasteiger partial charge in [0.15, 0.2) is 0 Å². The SMILES string of the molecule is Cc1ccc([C@H](C)NC(=O)CSc2cc(C)c3cccc(C)c3n2)cc1C. The van der Waals surface area contributed by atoms with Crippen LogP contribution in [-0.2, 0) is 4.79 Å². The van der Waals surface area contributed by atoms with E-state index in [0.717, 1.165) is 21.7 Å². The maximum atomic E-state index is 12.4. The van der Waals surface area contributed by atoms with Crippen LogP contribution >= 0.6 is 11.8 Å². The van der Waals surface area contributed by atoms with Crippen LogP contribution in [-0.4, -0.2) is 16.6 Å². The molecule has 1 atom stereocenters. The summed E-state index contributed by atoms with van der Waals surface area (Å²) < 4.78 is 0. The number of nitrogens with one attached hydrogen (secondary N) is 1. The smallest absolute Gasteiger partial charge is 0.230 e. The third-order valence-electron chi connectivity index (χ3n) is 4.98. The molecule has 1 amide bonds. The number of para-hydroxylation sites is 1. The number of aryl methyl sites for hydroxylation is 4. The van der Waals surface area contributed by atoms with E-state index >= 15 is 0 Å². The first-order valence-corrected chi connectivity index (χ1v) is 10.2. The molecule has 1 heterocycles. The number of amides is 1. The molecule has 3 nitrogen and oxygen atoms in total. The van der Waals surface area contributed by atoms with Gasteiger partial charge in [-0.3, -0.25) is 4.79 Å². The Morgan fingerprint density at radius 3 is 2.52 bits per heavy atom. The molecule has 140 valence electrons. The Hall–Kier alpha value is -2.33. The van der Waals surface area contributed by atoms with Crippen molar-refractivity contribution < 1.29 is 4.79 Å². The highest BCUT2D eigenvalue weighted by atomic mass is 32.2.